The number of rotatable bonds is 13. The highest BCUT2D eigenvalue weighted by Crippen LogP contribution is 2.39. The van der Waals surface area contributed by atoms with Crippen LogP contribution in [0.3, 0.4) is 0 Å². The number of carbonyl (C=O) groups excluding carboxylic acids is 4. The summed E-state index contributed by atoms with van der Waals surface area (Å²) < 4.78 is 33.4. The number of nitrogens with zero attached hydrogens (tertiary/aromatic N) is 9. The molecule has 5 N–H and O–H groups in total. The lowest BCUT2D eigenvalue weighted by atomic mass is 9.87. The Labute approximate surface area is 441 Å². The summed E-state index contributed by atoms with van der Waals surface area (Å²) in [5.41, 5.74) is 4.57. The Morgan fingerprint density at radius 3 is 2.38 bits per heavy atom. The lowest BCUT2D eigenvalue weighted by Crippen LogP contribution is -2.62. The number of carboxylic acid groups (broad SMARTS) is 1. The van der Waals surface area contributed by atoms with Crippen molar-refractivity contribution in [2.75, 3.05) is 50.1 Å². The Balaban J connectivity index is 0.860. The predicted octanol–water partition coefficient (Wildman–Crippen LogP) is 5.25. The van der Waals surface area contributed by atoms with Gasteiger partial charge in [0.15, 0.2) is 15.7 Å². The van der Waals surface area contributed by atoms with E-state index in [1.807, 2.05) is 32.0 Å². The number of piperidine rings is 1. The van der Waals surface area contributed by atoms with Gasteiger partial charge in [0.1, 0.15) is 52.4 Å². The highest BCUT2D eigenvalue weighted by Gasteiger charge is 2.46. The molecular formula is C53H67N13O9S. The van der Waals surface area contributed by atoms with Gasteiger partial charge in [0.2, 0.25) is 17.7 Å². The molecule has 404 valence electrons. The van der Waals surface area contributed by atoms with E-state index in [1.165, 1.54) is 43.2 Å². The van der Waals surface area contributed by atoms with Crippen LogP contribution >= 0.6 is 0 Å². The number of aromatic nitrogens is 6. The summed E-state index contributed by atoms with van der Waals surface area (Å²) in [5, 5.41) is 26.6. The summed E-state index contributed by atoms with van der Waals surface area (Å²) in [7, 11) is -2.64. The Morgan fingerprint density at radius 2 is 1.68 bits per heavy atom. The second-order valence-electron chi connectivity index (χ2n) is 21.4. The van der Waals surface area contributed by atoms with Crippen LogP contribution in [0.2, 0.25) is 0 Å². The molecule has 22 nitrogen and oxygen atoms in total. The number of amides is 5. The average Bonchev–Trinajstić information content (AvgIpc) is 3.98. The minimum atomic E-state index is -3.90. The van der Waals surface area contributed by atoms with Crippen molar-refractivity contribution in [2.45, 2.75) is 133 Å². The van der Waals surface area contributed by atoms with Gasteiger partial charge in [0.25, 0.3) is 5.91 Å². The molecule has 0 radical (unpaired) electrons. The largest absolute Gasteiger partial charge is 0.492 e. The smallest absolute Gasteiger partial charge is 0.407 e. The van der Waals surface area contributed by atoms with Crippen LogP contribution in [0, 0.1) is 19.8 Å². The molecule has 23 heteroatoms. The molecule has 2 aromatic carbocycles. The number of benzene rings is 2. The zero-order chi connectivity index (χ0) is 54.2. The maximum absolute atomic E-state index is 14.7. The van der Waals surface area contributed by atoms with Crippen molar-refractivity contribution in [2.24, 2.45) is 5.92 Å². The Kier molecular flexibility index (Phi) is 15.2. The number of sulfone groups is 1. The molecule has 5 atom stereocenters. The fraction of sp³-hybridized carbons (Fsp3) is 0.509. The molecule has 0 bridgehead atoms. The van der Waals surface area contributed by atoms with Gasteiger partial charge >= 0.3 is 6.09 Å². The summed E-state index contributed by atoms with van der Waals surface area (Å²) in [6.07, 6.45) is 8.29. The molecule has 3 saturated heterocycles. The van der Waals surface area contributed by atoms with Crippen LogP contribution in [0.5, 0.6) is 5.75 Å². The molecule has 6 heterocycles. The van der Waals surface area contributed by atoms with E-state index in [2.05, 4.69) is 57.0 Å². The summed E-state index contributed by atoms with van der Waals surface area (Å²) in [6.45, 7) is 11.5. The number of ether oxygens (including phenoxy) is 1. The van der Waals surface area contributed by atoms with Gasteiger partial charge in [-0.1, -0.05) is 24.3 Å². The number of hydrogen-bond acceptors (Lipinski definition) is 15. The van der Waals surface area contributed by atoms with E-state index in [9.17, 15) is 37.5 Å². The van der Waals surface area contributed by atoms with Crippen molar-refractivity contribution in [3.63, 3.8) is 0 Å². The van der Waals surface area contributed by atoms with Gasteiger partial charge in [-0.2, -0.15) is 5.10 Å². The normalized spacial score (nSPS) is 20.7. The monoisotopic (exact) mass is 1060 g/mol. The molecule has 5 amide bonds. The minimum absolute atomic E-state index is 0.0355. The topological polar surface area (TPSA) is 278 Å². The first-order valence-electron chi connectivity index (χ1n) is 26.0. The van der Waals surface area contributed by atoms with Crippen LogP contribution in [-0.2, 0) is 30.6 Å². The highest BCUT2D eigenvalue weighted by atomic mass is 32.2. The molecule has 9 rings (SSSR count). The molecule has 0 spiro atoms. The number of fused-ring (bicyclic) bond motifs is 3. The molecule has 3 fully saturated rings. The number of nitrogens with one attached hydrogen (secondary N) is 4. The van der Waals surface area contributed by atoms with Crippen molar-refractivity contribution in [3.05, 3.63) is 83.2 Å². The van der Waals surface area contributed by atoms with Crippen LogP contribution in [0.1, 0.15) is 112 Å². The van der Waals surface area contributed by atoms with Crippen LogP contribution in [0.25, 0.3) is 10.9 Å². The Morgan fingerprint density at radius 1 is 0.921 bits per heavy atom. The van der Waals surface area contributed by atoms with Crippen molar-refractivity contribution in [1.29, 1.82) is 0 Å². The summed E-state index contributed by atoms with van der Waals surface area (Å²) in [6, 6.07) is 7.38. The van der Waals surface area contributed by atoms with Gasteiger partial charge in [0, 0.05) is 55.4 Å². The molecule has 1 aliphatic carbocycles. The first kappa shape index (κ1) is 53.4. The number of anilines is 3. The van der Waals surface area contributed by atoms with Gasteiger partial charge < -0.3 is 40.5 Å². The van der Waals surface area contributed by atoms with Gasteiger partial charge in [-0.05, 0) is 116 Å². The maximum Gasteiger partial charge on any atom is 0.407 e. The van der Waals surface area contributed by atoms with Crippen molar-refractivity contribution >= 4 is 67.9 Å². The minimum Gasteiger partial charge on any atom is -0.492 e. The lowest BCUT2D eigenvalue weighted by molar-refractivity contribution is -0.145. The van der Waals surface area contributed by atoms with E-state index in [0.29, 0.717) is 73.6 Å². The molecular weight excluding hydrogens is 995 g/mol. The Bertz CT molecular complexity index is 3140. The van der Waals surface area contributed by atoms with E-state index in [4.69, 9.17) is 4.74 Å². The number of aromatic amines is 1. The van der Waals surface area contributed by atoms with Crippen molar-refractivity contribution in [1.82, 2.24) is 55.5 Å². The van der Waals surface area contributed by atoms with E-state index >= 15 is 0 Å². The van der Waals surface area contributed by atoms with Crippen molar-refractivity contribution < 1.29 is 42.2 Å². The fourth-order valence-corrected chi connectivity index (χ4v) is 11.9. The first-order valence-corrected chi connectivity index (χ1v) is 27.5. The molecule has 3 aliphatic heterocycles. The lowest BCUT2D eigenvalue weighted by Gasteiger charge is -2.39. The van der Waals surface area contributed by atoms with Crippen LogP contribution in [0.15, 0.2) is 60.0 Å². The Hall–Kier alpha value is -7.43. The van der Waals surface area contributed by atoms with Crippen LogP contribution < -0.4 is 25.6 Å². The third-order valence-electron chi connectivity index (χ3n) is 15.6. The van der Waals surface area contributed by atoms with Crippen LogP contribution in [-0.4, -0.2) is 157 Å². The molecule has 76 heavy (non-hydrogen) atoms. The van der Waals surface area contributed by atoms with Gasteiger partial charge in [-0.25, -0.2) is 33.1 Å². The van der Waals surface area contributed by atoms with E-state index in [1.54, 1.807) is 37.8 Å². The number of H-pyrrole nitrogens is 1. The number of hydrogen-bond donors (Lipinski definition) is 5. The number of carbonyl (C=O) groups is 5. The molecule has 1 unspecified atom stereocenters. The third-order valence-corrected chi connectivity index (χ3v) is 18.1. The zero-order valence-corrected chi connectivity index (χ0v) is 44.8. The van der Waals surface area contributed by atoms with E-state index in [0.717, 1.165) is 41.0 Å². The molecule has 5 aromatic rings. The molecule has 3 aromatic heterocycles. The maximum atomic E-state index is 14.7. The second kappa shape index (κ2) is 21.7. The third kappa shape index (κ3) is 10.8. The van der Waals surface area contributed by atoms with E-state index in [-0.39, 0.29) is 53.9 Å². The molecule has 0 saturated carbocycles. The van der Waals surface area contributed by atoms with Gasteiger partial charge in [0.05, 0.1) is 41.9 Å². The zero-order valence-electron chi connectivity index (χ0n) is 44.0. The molecule has 4 aliphatic rings. The average molecular weight is 1060 g/mol. The quantitative estimate of drug-likeness (QED) is 0.101. The van der Waals surface area contributed by atoms with Gasteiger partial charge in [-0.3, -0.25) is 29.2 Å². The number of aryl methyl sites for hydroxylation is 2. The number of likely N-dealkylation sites (N-methyl/N-ethyl adjacent to an activating group) is 1. The van der Waals surface area contributed by atoms with Gasteiger partial charge in [-0.15, -0.1) is 0 Å². The second-order valence-corrected chi connectivity index (χ2v) is 24.1. The SMILES string of the molecule is Cc1[nH]nc(Nc2ncnc3cc(OCC4CCN(c5cnc(C(=O)N6CC[C@H]7CC[C@@H](C(=O)N[C@@H]8CCCc9ccccc98)N7C(=O)[C@@H](NC(=O)C(C)N(C)C(=O)O)C6)cn5)CC4)c(S(=O)(=O)C(C)(C)C)cc23)c1C. The standard InChI is InChI=1S/C53H67N13O9S/c1-30-31(2)61-62-46(30)60-47-37-23-44(76(73,74)53(4,5)6)43(24-39(37)56-29-57-47)75-28-33-17-20-64(21-18-33)45-26-54-40(25-55-45)50(69)65-22-19-35-15-16-42(49(68)58-38-14-10-12-34-11-8-9-13-36(34)38)66(35)51(70)41(27-65)59-48(67)32(3)63(7)52(71)72/h8-9,11,13,23-26,29,32-33,35,38,41-42H,10,12,14-22,27-28H2,1-7H3,(H,58,68)(H,59,67)(H,71,72)(H2,56,57,60,61,62)/t32?,35-,38-,41+,42+/m1/s1. The summed E-state index contributed by atoms with van der Waals surface area (Å²) in [5.74, 6) is -0.221. The summed E-state index contributed by atoms with van der Waals surface area (Å²) in [4.78, 5) is 92.5. The van der Waals surface area contributed by atoms with Crippen molar-refractivity contribution in [3.8, 4) is 5.75 Å². The first-order chi connectivity index (χ1) is 36.2. The fourth-order valence-electron chi connectivity index (χ4n) is 10.6. The predicted molar refractivity (Wildman–Crippen MR) is 282 cm³/mol. The van der Waals surface area contributed by atoms with E-state index < -0.39 is 62.6 Å². The summed E-state index contributed by atoms with van der Waals surface area (Å²) >= 11 is 0. The highest BCUT2D eigenvalue weighted by molar-refractivity contribution is 7.92. The van der Waals surface area contributed by atoms with Crippen LogP contribution in [0.4, 0.5) is 22.2 Å².